The van der Waals surface area contributed by atoms with E-state index in [2.05, 4.69) is 0 Å². The summed E-state index contributed by atoms with van der Waals surface area (Å²) in [7, 11) is 0. The molecule has 1 N–H and O–H groups in total. The zero-order valence-corrected chi connectivity index (χ0v) is 6.44. The van der Waals surface area contributed by atoms with Crippen LogP contribution in [0.4, 0.5) is 0 Å². The molecule has 0 amide bonds. The summed E-state index contributed by atoms with van der Waals surface area (Å²) in [6.07, 6.45) is 0. The number of rotatable bonds is 2. The van der Waals surface area contributed by atoms with Crippen LogP contribution in [0, 0.1) is 0 Å². The van der Waals surface area contributed by atoms with E-state index in [0.717, 1.165) is 4.88 Å². The van der Waals surface area contributed by atoms with E-state index < -0.39 is 0 Å². The molecule has 0 aliphatic rings. The van der Waals surface area contributed by atoms with Crippen LogP contribution in [0.5, 0.6) is 0 Å². The fourth-order valence-corrected chi connectivity index (χ4v) is 1.43. The normalized spacial score (nSPS) is 9.80. The number of carbonyl (C=O) groups is 1. The summed E-state index contributed by atoms with van der Waals surface area (Å²) in [5, 5.41) is 10.4. The van der Waals surface area contributed by atoms with Crippen molar-refractivity contribution in [2.75, 3.05) is 0 Å². The molecule has 0 bridgehead atoms. The maximum atomic E-state index is 10.7. The van der Waals surface area contributed by atoms with Crippen molar-refractivity contribution < 1.29 is 9.90 Å². The zero-order chi connectivity index (χ0) is 7.56. The molecule has 54 valence electrons. The maximum absolute atomic E-state index is 10.7. The highest BCUT2D eigenvalue weighted by Crippen LogP contribution is 2.14. The number of aliphatic hydroxyl groups excluding tert-OH is 1. The Labute approximate surface area is 63.1 Å². The first-order chi connectivity index (χ1) is 4.74. The third-order valence-electron chi connectivity index (χ3n) is 1.22. The van der Waals surface area contributed by atoms with E-state index in [1.165, 1.54) is 18.3 Å². The van der Waals surface area contributed by atoms with E-state index in [9.17, 15) is 4.79 Å². The molecule has 0 unspecified atom stereocenters. The summed E-state index contributed by atoms with van der Waals surface area (Å²) in [4.78, 5) is 11.5. The lowest BCUT2D eigenvalue weighted by atomic mass is 10.2. The number of ketones is 1. The molecule has 1 aromatic heterocycles. The van der Waals surface area contributed by atoms with Gasteiger partial charge in [0.2, 0.25) is 0 Å². The Morgan fingerprint density at radius 2 is 2.50 bits per heavy atom. The van der Waals surface area contributed by atoms with E-state index in [0.29, 0.717) is 5.56 Å². The van der Waals surface area contributed by atoms with Gasteiger partial charge in [0.25, 0.3) is 0 Å². The average Bonchev–Trinajstić information content (AvgIpc) is 2.34. The van der Waals surface area contributed by atoms with Crippen molar-refractivity contribution in [2.24, 2.45) is 0 Å². The van der Waals surface area contributed by atoms with Crippen LogP contribution in [0.3, 0.4) is 0 Å². The molecule has 1 rings (SSSR count). The van der Waals surface area contributed by atoms with Gasteiger partial charge in [-0.15, -0.1) is 11.3 Å². The molecule has 0 aromatic carbocycles. The van der Waals surface area contributed by atoms with Gasteiger partial charge >= 0.3 is 0 Å². The molecule has 0 fully saturated rings. The molecule has 1 aromatic rings. The number of thiophene rings is 1. The van der Waals surface area contributed by atoms with Gasteiger partial charge < -0.3 is 5.11 Å². The predicted molar refractivity (Wildman–Crippen MR) is 40.2 cm³/mol. The Morgan fingerprint density at radius 1 is 1.80 bits per heavy atom. The van der Waals surface area contributed by atoms with Gasteiger partial charge in [0.05, 0.1) is 6.61 Å². The van der Waals surface area contributed by atoms with Crippen LogP contribution in [-0.4, -0.2) is 10.9 Å². The van der Waals surface area contributed by atoms with Crippen LogP contribution < -0.4 is 0 Å². The Morgan fingerprint density at radius 3 is 2.80 bits per heavy atom. The Hall–Kier alpha value is -0.670. The molecule has 3 heteroatoms. The van der Waals surface area contributed by atoms with Gasteiger partial charge in [-0.25, -0.2) is 0 Å². The first-order valence-electron chi connectivity index (χ1n) is 2.93. The molecular weight excluding hydrogens is 148 g/mol. The molecule has 1 heterocycles. The Kier molecular flexibility index (Phi) is 2.19. The van der Waals surface area contributed by atoms with Crippen molar-refractivity contribution in [2.45, 2.75) is 13.5 Å². The number of Topliss-reactive ketones (excluding diaryl/α,β-unsaturated/α-hetero) is 1. The number of carbonyl (C=O) groups excluding carboxylic acids is 1. The average molecular weight is 156 g/mol. The molecule has 2 nitrogen and oxygen atoms in total. The highest BCUT2D eigenvalue weighted by molar-refractivity contribution is 7.10. The van der Waals surface area contributed by atoms with Crippen LogP contribution >= 0.6 is 11.3 Å². The van der Waals surface area contributed by atoms with Crippen molar-refractivity contribution in [3.8, 4) is 0 Å². The second-order valence-corrected chi connectivity index (χ2v) is 3.01. The SMILES string of the molecule is CC(=O)c1csc(CO)c1. The zero-order valence-electron chi connectivity index (χ0n) is 5.63. The molecule has 0 aliphatic carbocycles. The van der Waals surface area contributed by atoms with E-state index >= 15 is 0 Å². The maximum Gasteiger partial charge on any atom is 0.160 e. The van der Waals surface area contributed by atoms with Crippen LogP contribution in [0.15, 0.2) is 11.4 Å². The van der Waals surface area contributed by atoms with Gasteiger partial charge in [-0.05, 0) is 13.0 Å². The molecule has 0 saturated carbocycles. The van der Waals surface area contributed by atoms with E-state index in [1.807, 2.05) is 0 Å². The fourth-order valence-electron chi connectivity index (χ4n) is 0.648. The van der Waals surface area contributed by atoms with Gasteiger partial charge in [-0.1, -0.05) is 0 Å². The van der Waals surface area contributed by atoms with E-state index in [-0.39, 0.29) is 12.4 Å². The third-order valence-corrected chi connectivity index (χ3v) is 2.14. The van der Waals surface area contributed by atoms with E-state index in [1.54, 1.807) is 11.4 Å². The van der Waals surface area contributed by atoms with Crippen molar-refractivity contribution in [1.29, 1.82) is 0 Å². The molecule has 0 spiro atoms. The fraction of sp³-hybridized carbons (Fsp3) is 0.286. The molecular formula is C7H8O2S. The first-order valence-corrected chi connectivity index (χ1v) is 3.81. The van der Waals surface area contributed by atoms with Crippen LogP contribution in [0.25, 0.3) is 0 Å². The summed E-state index contributed by atoms with van der Waals surface area (Å²) >= 11 is 1.41. The van der Waals surface area contributed by atoms with Gasteiger partial charge in [-0.2, -0.15) is 0 Å². The summed E-state index contributed by atoms with van der Waals surface area (Å²) in [5.41, 5.74) is 0.689. The smallest absolute Gasteiger partial charge is 0.160 e. The summed E-state index contributed by atoms with van der Waals surface area (Å²) in [5.74, 6) is 0.0518. The minimum absolute atomic E-state index is 0.0257. The lowest BCUT2D eigenvalue weighted by Gasteiger charge is -1.83. The Balaban J connectivity index is 2.88. The highest BCUT2D eigenvalue weighted by Gasteiger charge is 2.01. The van der Waals surface area contributed by atoms with Crippen LogP contribution in [0.2, 0.25) is 0 Å². The van der Waals surface area contributed by atoms with Crippen molar-refractivity contribution in [3.05, 3.63) is 21.9 Å². The summed E-state index contributed by atoms with van der Waals surface area (Å²) < 4.78 is 0. The largest absolute Gasteiger partial charge is 0.391 e. The first kappa shape index (κ1) is 7.44. The monoisotopic (exact) mass is 156 g/mol. The lowest BCUT2D eigenvalue weighted by Crippen LogP contribution is -1.86. The Bertz CT molecular complexity index is 240. The molecule has 0 atom stereocenters. The standard InChI is InChI=1S/C7H8O2S/c1-5(9)6-2-7(3-8)10-4-6/h2,4,8H,3H2,1H3. The second kappa shape index (κ2) is 2.94. The number of hydrogen-bond acceptors (Lipinski definition) is 3. The third kappa shape index (κ3) is 1.43. The van der Waals surface area contributed by atoms with Crippen molar-refractivity contribution in [1.82, 2.24) is 0 Å². The molecule has 10 heavy (non-hydrogen) atoms. The van der Waals surface area contributed by atoms with Crippen LogP contribution in [-0.2, 0) is 6.61 Å². The van der Waals surface area contributed by atoms with Gasteiger partial charge in [0.1, 0.15) is 0 Å². The van der Waals surface area contributed by atoms with Crippen molar-refractivity contribution >= 4 is 17.1 Å². The number of hydrogen-bond donors (Lipinski definition) is 1. The van der Waals surface area contributed by atoms with Crippen LogP contribution in [0.1, 0.15) is 22.2 Å². The quantitative estimate of drug-likeness (QED) is 0.658. The molecule has 0 saturated heterocycles. The summed E-state index contributed by atoms with van der Waals surface area (Å²) in [6.45, 7) is 1.54. The minimum atomic E-state index is 0.0257. The summed E-state index contributed by atoms with van der Waals surface area (Å²) in [6, 6.07) is 1.72. The molecule has 0 radical (unpaired) electrons. The van der Waals surface area contributed by atoms with Gasteiger partial charge in [-0.3, -0.25) is 4.79 Å². The van der Waals surface area contributed by atoms with Gasteiger partial charge in [0, 0.05) is 15.8 Å². The predicted octanol–water partition coefficient (Wildman–Crippen LogP) is 1.44. The second-order valence-electron chi connectivity index (χ2n) is 2.02. The highest BCUT2D eigenvalue weighted by atomic mass is 32.1. The lowest BCUT2D eigenvalue weighted by molar-refractivity contribution is 0.101. The number of aliphatic hydroxyl groups is 1. The topological polar surface area (TPSA) is 37.3 Å². The minimum Gasteiger partial charge on any atom is -0.391 e. The van der Waals surface area contributed by atoms with Gasteiger partial charge in [0.15, 0.2) is 5.78 Å². The molecule has 0 aliphatic heterocycles. The van der Waals surface area contributed by atoms with E-state index in [4.69, 9.17) is 5.11 Å². The van der Waals surface area contributed by atoms with Crippen molar-refractivity contribution in [3.63, 3.8) is 0 Å².